The zero-order valence-corrected chi connectivity index (χ0v) is 25.2. The van der Waals surface area contributed by atoms with Gasteiger partial charge in [0.15, 0.2) is 5.60 Å². The van der Waals surface area contributed by atoms with Gasteiger partial charge in [-0.3, -0.25) is 14.4 Å². The van der Waals surface area contributed by atoms with Crippen molar-refractivity contribution in [2.45, 2.75) is 96.2 Å². The number of hydrogen-bond donors (Lipinski definition) is 1. The molecule has 1 aliphatic carbocycles. The van der Waals surface area contributed by atoms with Gasteiger partial charge in [-0.25, -0.2) is 4.79 Å². The first-order chi connectivity index (χ1) is 20.3. The van der Waals surface area contributed by atoms with Crippen molar-refractivity contribution in [3.63, 3.8) is 0 Å². The Morgan fingerprint density at radius 3 is 2.36 bits per heavy atom. The fourth-order valence-electron chi connectivity index (χ4n) is 5.54. The Morgan fingerprint density at radius 1 is 1.16 bits per heavy atom. The van der Waals surface area contributed by atoms with Crippen LogP contribution in [0, 0.1) is 0 Å². The number of carbonyl (C=O) groups is 4. The highest BCUT2D eigenvalue weighted by Gasteiger charge is 2.58. The number of amides is 4. The molecule has 0 aromatic heterocycles. The van der Waals surface area contributed by atoms with Gasteiger partial charge in [0, 0.05) is 45.1 Å². The minimum absolute atomic E-state index is 0.0468. The number of halogens is 5. The minimum Gasteiger partial charge on any atom is -0.475 e. The summed E-state index contributed by atoms with van der Waals surface area (Å²) in [6.45, 7) is 8.09. The average molecular weight is 633 g/mol. The van der Waals surface area contributed by atoms with Crippen molar-refractivity contribution in [2.75, 3.05) is 31.1 Å². The zero-order chi connectivity index (χ0) is 32.8. The first-order valence-corrected chi connectivity index (χ1v) is 14.5. The number of alkyl halides is 5. The molecule has 2 fully saturated rings. The van der Waals surface area contributed by atoms with E-state index in [2.05, 4.69) is 0 Å². The largest absolute Gasteiger partial charge is 0.475 e. The molecule has 44 heavy (non-hydrogen) atoms. The number of nitrogens with one attached hydrogen (secondary N) is 1. The number of hydrogen-bond acceptors (Lipinski definition) is 6. The van der Waals surface area contributed by atoms with Crippen molar-refractivity contribution < 1.29 is 50.6 Å². The van der Waals surface area contributed by atoms with Crippen LogP contribution in [0.5, 0.6) is 5.75 Å². The van der Waals surface area contributed by atoms with E-state index in [4.69, 9.17) is 9.47 Å². The summed E-state index contributed by atoms with van der Waals surface area (Å²) in [6, 6.07) is 0.421. The van der Waals surface area contributed by atoms with E-state index >= 15 is 0 Å². The second kappa shape index (κ2) is 12.0. The maximum absolute atomic E-state index is 14.5. The fourth-order valence-corrected chi connectivity index (χ4v) is 5.54. The molecule has 3 aliphatic rings. The molecule has 10 nitrogen and oxygen atoms in total. The molecule has 1 N–H and O–H groups in total. The van der Waals surface area contributed by atoms with Gasteiger partial charge in [-0.2, -0.15) is 22.0 Å². The lowest BCUT2D eigenvalue weighted by Crippen LogP contribution is -2.54. The second-order valence-electron chi connectivity index (χ2n) is 12.5. The van der Waals surface area contributed by atoms with Crippen LogP contribution in [0.3, 0.4) is 0 Å². The topological polar surface area (TPSA) is 108 Å². The highest BCUT2D eigenvalue weighted by molar-refractivity contribution is 6.06. The van der Waals surface area contributed by atoms with Gasteiger partial charge in [0.25, 0.3) is 17.7 Å². The molecule has 4 rings (SSSR count). The molecule has 2 heterocycles. The van der Waals surface area contributed by atoms with Crippen molar-refractivity contribution in [1.29, 1.82) is 0 Å². The summed E-state index contributed by atoms with van der Waals surface area (Å²) in [5.74, 6) is -3.40. The quantitative estimate of drug-likeness (QED) is 0.441. The molecule has 4 amide bonds. The average Bonchev–Trinajstić information content (AvgIpc) is 3.68. The molecular weight excluding hydrogens is 595 g/mol. The summed E-state index contributed by atoms with van der Waals surface area (Å²) < 4.78 is 80.0. The van der Waals surface area contributed by atoms with E-state index in [0.29, 0.717) is 25.5 Å². The van der Waals surface area contributed by atoms with E-state index in [-0.39, 0.29) is 37.4 Å². The maximum atomic E-state index is 14.5. The van der Waals surface area contributed by atoms with E-state index in [9.17, 15) is 41.1 Å². The molecular formula is C29H37F5N4O6. The number of ether oxygens (including phenoxy) is 2. The molecule has 1 saturated carbocycles. The minimum atomic E-state index is -4.98. The number of benzene rings is 1. The highest BCUT2D eigenvalue weighted by Crippen LogP contribution is 2.51. The predicted octanol–water partition coefficient (Wildman–Crippen LogP) is 4.59. The maximum Gasteiger partial charge on any atom is 0.417 e. The van der Waals surface area contributed by atoms with Crippen molar-refractivity contribution >= 4 is 29.5 Å². The molecule has 0 bridgehead atoms. The summed E-state index contributed by atoms with van der Waals surface area (Å²) in [5, 5.41) is 1.98. The molecule has 2 aliphatic heterocycles. The molecule has 244 valence electrons. The van der Waals surface area contributed by atoms with E-state index in [1.54, 1.807) is 34.6 Å². The number of likely N-dealkylation sites (tertiary alicyclic amines) is 1. The van der Waals surface area contributed by atoms with Crippen LogP contribution in [0.15, 0.2) is 12.1 Å². The monoisotopic (exact) mass is 632 g/mol. The van der Waals surface area contributed by atoms with Crippen LogP contribution in [0.25, 0.3) is 0 Å². The third-order valence-corrected chi connectivity index (χ3v) is 7.64. The number of carbonyl (C=O) groups excluding carboxylic acids is 4. The molecule has 0 radical (unpaired) electrons. The van der Waals surface area contributed by atoms with Crippen LogP contribution in [0.2, 0.25) is 0 Å². The third-order valence-electron chi connectivity index (χ3n) is 7.64. The lowest BCUT2D eigenvalue weighted by atomic mass is 9.97. The molecule has 1 aromatic carbocycles. The second-order valence-corrected chi connectivity index (χ2v) is 12.5. The first-order valence-electron chi connectivity index (χ1n) is 14.5. The van der Waals surface area contributed by atoms with Gasteiger partial charge in [-0.05, 0) is 59.6 Å². The Balaban J connectivity index is 1.70. The van der Waals surface area contributed by atoms with Crippen LogP contribution < -0.4 is 15.0 Å². The summed E-state index contributed by atoms with van der Waals surface area (Å²) in [7, 11) is 0. The van der Waals surface area contributed by atoms with Gasteiger partial charge in [-0.1, -0.05) is 0 Å². The van der Waals surface area contributed by atoms with Crippen LogP contribution in [-0.4, -0.2) is 89.5 Å². The van der Waals surface area contributed by atoms with Crippen LogP contribution in [-0.2, 0) is 20.5 Å². The van der Waals surface area contributed by atoms with E-state index < -0.39 is 77.4 Å². The van der Waals surface area contributed by atoms with Crippen molar-refractivity contribution in [1.82, 2.24) is 15.1 Å². The number of anilines is 1. The van der Waals surface area contributed by atoms with Crippen molar-refractivity contribution in [3.05, 3.63) is 23.3 Å². The summed E-state index contributed by atoms with van der Waals surface area (Å²) in [4.78, 5) is 55.3. The van der Waals surface area contributed by atoms with Crippen LogP contribution in [0.1, 0.15) is 76.2 Å². The smallest absolute Gasteiger partial charge is 0.417 e. The van der Waals surface area contributed by atoms with E-state index in [0.717, 1.165) is 11.0 Å². The van der Waals surface area contributed by atoms with Gasteiger partial charge in [0.2, 0.25) is 0 Å². The zero-order valence-electron chi connectivity index (χ0n) is 25.2. The standard InChI is InChI=1S/C29H37F5N4O6/c1-16(2)38(17-7-6-11-36(15-17)26(42)44-27(3,4)5)24(40)18-13-20-21(14-19(18)29(32,33)34)43-28(8-9-28)25(41)37(20)12-10-35-23(39)22(30)31/h13-14,16-17,22H,6-12,15H2,1-5H3,(H,35,39). The van der Waals surface area contributed by atoms with Gasteiger partial charge in [-0.15, -0.1) is 0 Å². The Kier molecular flexibility index (Phi) is 9.09. The Morgan fingerprint density at radius 2 is 1.82 bits per heavy atom. The summed E-state index contributed by atoms with van der Waals surface area (Å²) in [6.07, 6.45) is -7.47. The number of nitrogens with zero attached hydrogens (tertiary/aromatic N) is 3. The molecule has 1 aromatic rings. The molecule has 1 saturated heterocycles. The molecule has 15 heteroatoms. The van der Waals surface area contributed by atoms with Crippen molar-refractivity contribution in [2.24, 2.45) is 0 Å². The lowest BCUT2D eigenvalue weighted by Gasteiger charge is -2.42. The number of piperidine rings is 1. The first kappa shape index (κ1) is 33.2. The lowest BCUT2D eigenvalue weighted by molar-refractivity contribution is -0.138. The van der Waals surface area contributed by atoms with Gasteiger partial charge in [0.1, 0.15) is 11.4 Å². The molecule has 1 atom stereocenters. The highest BCUT2D eigenvalue weighted by atomic mass is 19.4. The van der Waals surface area contributed by atoms with Gasteiger partial charge < -0.3 is 29.5 Å². The molecule has 1 unspecified atom stereocenters. The number of fused-ring (bicyclic) bond motifs is 1. The SMILES string of the molecule is CC(C)N(C(=O)c1cc2c(cc1C(F)(F)F)OC1(CC1)C(=O)N2CCNC(=O)C(F)F)C1CCCN(C(=O)OC(C)(C)C)C1. The van der Waals surface area contributed by atoms with Gasteiger partial charge in [0.05, 0.1) is 22.9 Å². The predicted molar refractivity (Wildman–Crippen MR) is 148 cm³/mol. The van der Waals surface area contributed by atoms with Crippen LogP contribution in [0.4, 0.5) is 32.4 Å². The number of rotatable bonds is 7. The summed E-state index contributed by atoms with van der Waals surface area (Å²) in [5.41, 5.74) is -4.29. The fraction of sp³-hybridized carbons (Fsp3) is 0.655. The Bertz CT molecular complexity index is 1310. The molecule has 1 spiro atoms. The Labute approximate surface area is 251 Å². The normalized spacial score (nSPS) is 19.5. The van der Waals surface area contributed by atoms with Crippen LogP contribution >= 0.6 is 0 Å². The summed E-state index contributed by atoms with van der Waals surface area (Å²) >= 11 is 0. The van der Waals surface area contributed by atoms with Gasteiger partial charge >= 0.3 is 18.7 Å². The third kappa shape index (κ3) is 7.01. The van der Waals surface area contributed by atoms with E-state index in [1.165, 1.54) is 9.80 Å². The Hall–Kier alpha value is -3.65. The van der Waals surface area contributed by atoms with E-state index in [1.807, 2.05) is 5.32 Å². The van der Waals surface area contributed by atoms with Crippen molar-refractivity contribution in [3.8, 4) is 5.75 Å².